The van der Waals surface area contributed by atoms with E-state index in [2.05, 4.69) is 15.4 Å². The standard InChI is InChI=1S/C20H12O5.C12H12ClNO2S.C3H2Cl2N4/c21-11-5-7-15-17(9-11)24-18-10-12(22)6-8-16(18)20(15)14-4-2-1-3-13(14)19(23)25-20;1-14(2)11-7-3-6-10-9(11)5-4-8-12(10)17(13,15)16;4-1-2(5)7-9-8-3(1)6/h1-10,21-22H;3-8H,1-2H3;(H2,6,7,8). The first-order chi connectivity index (χ1) is 24.2. The van der Waals surface area contributed by atoms with E-state index in [-0.39, 0.29) is 32.4 Å². The van der Waals surface area contributed by atoms with Crippen molar-refractivity contribution in [3.05, 3.63) is 129 Å². The Hall–Kier alpha value is -5.34. The Morgan fingerprint density at radius 2 is 1.39 bits per heavy atom. The molecule has 260 valence electrons. The van der Waals surface area contributed by atoms with Crippen LogP contribution in [0.25, 0.3) is 10.8 Å². The van der Waals surface area contributed by atoms with Gasteiger partial charge in [0.1, 0.15) is 28.0 Å². The third-order valence-electron chi connectivity index (χ3n) is 7.98. The number of benzene rings is 5. The number of rotatable bonds is 2. The molecule has 0 atom stereocenters. The van der Waals surface area contributed by atoms with Gasteiger partial charge in [-0.15, -0.1) is 10.2 Å². The number of aromatic nitrogens is 3. The summed E-state index contributed by atoms with van der Waals surface area (Å²) < 4.78 is 34.7. The van der Waals surface area contributed by atoms with E-state index in [1.165, 1.54) is 30.3 Å². The number of esters is 1. The predicted molar refractivity (Wildman–Crippen MR) is 194 cm³/mol. The number of phenolic OH excluding ortho intramolecular Hbond substituents is 2. The predicted octanol–water partition coefficient (Wildman–Crippen LogP) is 7.26. The van der Waals surface area contributed by atoms with Crippen molar-refractivity contribution >= 4 is 71.2 Å². The van der Waals surface area contributed by atoms with Crippen molar-refractivity contribution in [1.29, 1.82) is 0 Å². The molecule has 16 heteroatoms. The van der Waals surface area contributed by atoms with E-state index >= 15 is 0 Å². The minimum absolute atomic E-state index is 0.0371. The average molecular weight is 767 g/mol. The molecule has 51 heavy (non-hydrogen) atoms. The number of hydrogen-bond donors (Lipinski definition) is 3. The lowest BCUT2D eigenvalue weighted by molar-refractivity contribution is 0.0224. The number of phenols is 2. The lowest BCUT2D eigenvalue weighted by Gasteiger charge is -2.36. The van der Waals surface area contributed by atoms with Crippen molar-refractivity contribution in [2.45, 2.75) is 10.5 Å². The summed E-state index contributed by atoms with van der Waals surface area (Å²) in [6.45, 7) is 0. The molecule has 2 aliphatic heterocycles. The van der Waals surface area contributed by atoms with Crippen molar-refractivity contribution in [2.75, 3.05) is 24.7 Å². The van der Waals surface area contributed by atoms with E-state index in [4.69, 9.17) is 49.1 Å². The fraction of sp³-hybridized carbons (Fsp3) is 0.0857. The molecule has 6 aromatic rings. The Kier molecular flexibility index (Phi) is 9.57. The zero-order valence-corrected chi connectivity index (χ0v) is 29.7. The second-order valence-corrected chi connectivity index (χ2v) is 14.6. The number of halogens is 3. The summed E-state index contributed by atoms with van der Waals surface area (Å²) in [6, 6.07) is 27.2. The Balaban J connectivity index is 0.000000149. The average Bonchev–Trinajstić information content (AvgIpc) is 3.38. The molecular formula is C35H26Cl3N5O7S. The van der Waals surface area contributed by atoms with Gasteiger partial charge in [-0.25, -0.2) is 13.2 Å². The van der Waals surface area contributed by atoms with Gasteiger partial charge in [0.05, 0.1) is 10.5 Å². The highest BCUT2D eigenvalue weighted by Crippen LogP contribution is 2.56. The molecule has 5 aromatic carbocycles. The van der Waals surface area contributed by atoms with Crippen LogP contribution < -0.4 is 15.4 Å². The topological polar surface area (TPSA) is 178 Å². The monoisotopic (exact) mass is 765 g/mol. The van der Waals surface area contributed by atoms with Gasteiger partial charge < -0.3 is 30.3 Å². The highest BCUT2D eigenvalue weighted by atomic mass is 35.7. The number of carbonyl (C=O) groups is 1. The fourth-order valence-electron chi connectivity index (χ4n) is 5.82. The number of carbonyl (C=O) groups excluding carboxylic acids is 1. The molecule has 0 radical (unpaired) electrons. The lowest BCUT2D eigenvalue weighted by atomic mass is 9.77. The summed E-state index contributed by atoms with van der Waals surface area (Å²) in [7, 11) is 5.54. The largest absolute Gasteiger partial charge is 0.508 e. The third kappa shape index (κ3) is 6.64. The van der Waals surface area contributed by atoms with Crippen LogP contribution in [0.1, 0.15) is 27.0 Å². The second kappa shape index (κ2) is 13.8. The quantitative estimate of drug-likeness (QED) is 0.119. The van der Waals surface area contributed by atoms with Crippen LogP contribution >= 0.6 is 33.9 Å². The maximum absolute atomic E-state index is 12.5. The second-order valence-electron chi connectivity index (χ2n) is 11.3. The summed E-state index contributed by atoms with van der Waals surface area (Å²) >= 11 is 10.8. The smallest absolute Gasteiger partial charge is 0.340 e. The minimum Gasteiger partial charge on any atom is -0.508 e. The van der Waals surface area contributed by atoms with Gasteiger partial charge in [-0.05, 0) is 47.7 Å². The lowest BCUT2D eigenvalue weighted by Crippen LogP contribution is -2.32. The Labute approximate surface area is 306 Å². The minimum atomic E-state index is -3.72. The molecule has 0 saturated heterocycles. The number of anilines is 2. The number of hydrogen-bond acceptors (Lipinski definition) is 12. The number of nitrogen functional groups attached to an aromatic ring is 1. The molecule has 1 aromatic heterocycles. The number of fused-ring (bicyclic) bond motifs is 7. The molecule has 0 saturated carbocycles. The number of aromatic hydroxyl groups is 2. The number of nitrogens with zero attached hydrogens (tertiary/aromatic N) is 4. The van der Waals surface area contributed by atoms with E-state index in [1.807, 2.05) is 49.3 Å². The Morgan fingerprint density at radius 1 is 0.784 bits per heavy atom. The zero-order valence-electron chi connectivity index (χ0n) is 26.6. The van der Waals surface area contributed by atoms with Crippen LogP contribution in [0.5, 0.6) is 23.0 Å². The van der Waals surface area contributed by atoms with Crippen molar-refractivity contribution in [1.82, 2.24) is 15.4 Å². The van der Waals surface area contributed by atoms with Crippen molar-refractivity contribution in [3.8, 4) is 23.0 Å². The van der Waals surface area contributed by atoms with Gasteiger partial charge in [0, 0.05) is 70.1 Å². The maximum Gasteiger partial charge on any atom is 0.340 e. The van der Waals surface area contributed by atoms with E-state index in [0.29, 0.717) is 39.1 Å². The van der Waals surface area contributed by atoms with Crippen molar-refractivity contribution in [2.24, 2.45) is 0 Å². The normalized spacial score (nSPS) is 13.3. The van der Waals surface area contributed by atoms with Crippen molar-refractivity contribution in [3.63, 3.8) is 0 Å². The summed E-state index contributed by atoms with van der Waals surface area (Å²) in [5.41, 5.74) is 7.44. The molecule has 12 nitrogen and oxygen atoms in total. The molecule has 0 fully saturated rings. The van der Waals surface area contributed by atoms with Crippen LogP contribution in [0.3, 0.4) is 0 Å². The van der Waals surface area contributed by atoms with Crippen molar-refractivity contribution < 1.29 is 32.9 Å². The Morgan fingerprint density at radius 3 is 1.98 bits per heavy atom. The first-order valence-corrected chi connectivity index (χ1v) is 17.9. The molecule has 0 amide bonds. The molecule has 0 aliphatic carbocycles. The van der Waals surface area contributed by atoms with E-state index in [1.54, 1.807) is 36.4 Å². The summed E-state index contributed by atoms with van der Waals surface area (Å²) in [5.74, 6) is 0.502. The first kappa shape index (κ1) is 35.5. The number of nitrogens with two attached hydrogens (primary N) is 1. The molecule has 1 spiro atoms. The van der Waals surface area contributed by atoms with Gasteiger partial charge in [0.15, 0.2) is 16.6 Å². The molecule has 2 aliphatic rings. The van der Waals surface area contributed by atoms with Gasteiger partial charge in [-0.3, -0.25) is 0 Å². The van der Waals surface area contributed by atoms with Gasteiger partial charge >= 0.3 is 5.97 Å². The highest BCUT2D eigenvalue weighted by molar-refractivity contribution is 8.14. The van der Waals surface area contributed by atoms with Crippen LogP contribution in [-0.2, 0) is 19.4 Å². The number of ether oxygens (including phenoxy) is 2. The summed E-state index contributed by atoms with van der Waals surface area (Å²) in [4.78, 5) is 14.6. The third-order valence-corrected chi connectivity index (χ3v) is 10.1. The summed E-state index contributed by atoms with van der Waals surface area (Å²) in [5, 5.41) is 31.3. The van der Waals surface area contributed by atoms with Crippen LogP contribution in [0.2, 0.25) is 10.2 Å². The highest BCUT2D eigenvalue weighted by Gasteiger charge is 2.53. The molecular weight excluding hydrogens is 741 g/mol. The van der Waals surface area contributed by atoms with Crippen LogP contribution in [0, 0.1) is 0 Å². The first-order valence-electron chi connectivity index (χ1n) is 14.8. The molecule has 0 bridgehead atoms. The molecule has 3 heterocycles. The van der Waals surface area contributed by atoms with Gasteiger partial charge in [-0.2, -0.15) is 0 Å². The van der Waals surface area contributed by atoms with Crippen LogP contribution in [0.4, 0.5) is 11.5 Å². The molecule has 4 N–H and O–H groups in total. The van der Waals surface area contributed by atoms with E-state index < -0.39 is 20.6 Å². The maximum atomic E-state index is 12.5. The fourth-order valence-corrected chi connectivity index (χ4v) is 7.12. The van der Waals surface area contributed by atoms with Crippen LogP contribution in [0.15, 0.2) is 102 Å². The molecule has 8 rings (SSSR count). The van der Waals surface area contributed by atoms with Gasteiger partial charge in [-0.1, -0.05) is 65.7 Å². The summed E-state index contributed by atoms with van der Waals surface area (Å²) in [6.07, 6.45) is 0. The zero-order chi connectivity index (χ0) is 36.7. The SMILES string of the molecule is CN(C)c1cccc2c(S(=O)(=O)Cl)cccc12.Nc1nnnc(Cl)c1Cl.O=C1OC2(c3ccc(O)cc3Oc3cc(O)ccc32)c2ccccc21. The molecule has 0 unspecified atom stereocenters. The van der Waals surface area contributed by atoms with Gasteiger partial charge in [0.2, 0.25) is 0 Å². The van der Waals surface area contributed by atoms with Gasteiger partial charge in [0.25, 0.3) is 9.05 Å². The van der Waals surface area contributed by atoms with E-state index in [0.717, 1.165) is 11.1 Å². The Bertz CT molecular complexity index is 2380. The van der Waals surface area contributed by atoms with Crippen LogP contribution in [-0.4, -0.2) is 54.1 Å². The van der Waals surface area contributed by atoms with E-state index in [9.17, 15) is 23.4 Å².